The van der Waals surface area contributed by atoms with Gasteiger partial charge in [-0.1, -0.05) is 29.8 Å². The predicted molar refractivity (Wildman–Crippen MR) is 94.5 cm³/mol. The first-order valence-electron chi connectivity index (χ1n) is 7.99. The van der Waals surface area contributed by atoms with Gasteiger partial charge >= 0.3 is 0 Å². The van der Waals surface area contributed by atoms with Crippen LogP contribution in [0.3, 0.4) is 0 Å². The Morgan fingerprint density at radius 1 is 1.21 bits per heavy atom. The van der Waals surface area contributed by atoms with Crippen molar-refractivity contribution in [1.29, 1.82) is 0 Å². The quantitative estimate of drug-likeness (QED) is 0.915. The number of carbonyl (C=O) groups is 1. The molecular formula is C19H20ClNO3. The maximum absolute atomic E-state index is 12.6. The Kier molecular flexibility index (Phi) is 5.07. The van der Waals surface area contributed by atoms with Crippen molar-refractivity contribution in [3.8, 4) is 16.9 Å². The number of benzene rings is 2. The number of phenolic OH excluding ortho intramolecular Hbond substituents is 1. The number of carbonyl (C=O) groups excluding carboxylic acids is 1. The molecule has 5 heteroatoms. The Hall–Kier alpha value is -2.04. The first kappa shape index (κ1) is 16.8. The summed E-state index contributed by atoms with van der Waals surface area (Å²) >= 11 is 5.95. The maximum atomic E-state index is 12.6. The van der Waals surface area contributed by atoms with Gasteiger partial charge in [0, 0.05) is 25.8 Å². The van der Waals surface area contributed by atoms with E-state index in [4.69, 9.17) is 16.3 Å². The van der Waals surface area contributed by atoms with Crippen molar-refractivity contribution in [2.45, 2.75) is 18.9 Å². The van der Waals surface area contributed by atoms with E-state index in [9.17, 15) is 9.90 Å². The predicted octanol–water partition coefficient (Wildman–Crippen LogP) is 3.96. The minimum atomic E-state index is 0.0343. The van der Waals surface area contributed by atoms with Gasteiger partial charge in [0.15, 0.2) is 0 Å². The first-order chi connectivity index (χ1) is 11.6. The number of halogens is 1. The Balaban J connectivity index is 1.76. The molecule has 1 saturated heterocycles. The zero-order chi connectivity index (χ0) is 17.1. The summed E-state index contributed by atoms with van der Waals surface area (Å²) in [6.07, 6.45) is 2.09. The third kappa shape index (κ3) is 3.55. The number of hydrogen-bond acceptors (Lipinski definition) is 3. The van der Waals surface area contributed by atoms with E-state index in [0.29, 0.717) is 17.1 Å². The lowest BCUT2D eigenvalue weighted by Crippen LogP contribution is -2.42. The molecule has 1 amide bonds. The van der Waals surface area contributed by atoms with E-state index in [2.05, 4.69) is 0 Å². The normalized spacial score (nSPS) is 17.8. The molecule has 0 aromatic heterocycles. The molecule has 3 rings (SSSR count). The molecule has 1 heterocycles. The first-order valence-corrected chi connectivity index (χ1v) is 8.37. The summed E-state index contributed by atoms with van der Waals surface area (Å²) in [5, 5.41) is 9.81. The average Bonchev–Trinajstić information content (AvgIpc) is 2.63. The molecule has 1 aliphatic heterocycles. The van der Waals surface area contributed by atoms with Gasteiger partial charge in [0.25, 0.3) is 5.91 Å². The monoisotopic (exact) mass is 345 g/mol. The molecule has 2 aromatic rings. The molecule has 126 valence electrons. The SMILES string of the molecule is CO[C@H]1CCCN(C(=O)c2ccc(-c3ccc(O)c(Cl)c3)cc2)C1. The largest absolute Gasteiger partial charge is 0.506 e. The van der Waals surface area contributed by atoms with Crippen LogP contribution < -0.4 is 0 Å². The van der Waals surface area contributed by atoms with Crippen LogP contribution in [0.5, 0.6) is 5.75 Å². The summed E-state index contributed by atoms with van der Waals surface area (Å²) < 4.78 is 5.38. The Labute approximate surface area is 146 Å². The van der Waals surface area contributed by atoms with Gasteiger partial charge in [-0.3, -0.25) is 4.79 Å². The van der Waals surface area contributed by atoms with Gasteiger partial charge in [-0.15, -0.1) is 0 Å². The van der Waals surface area contributed by atoms with Crippen molar-refractivity contribution in [3.63, 3.8) is 0 Å². The second-order valence-electron chi connectivity index (χ2n) is 5.99. The summed E-state index contributed by atoms with van der Waals surface area (Å²) in [5.74, 6) is 0.0945. The van der Waals surface area contributed by atoms with Crippen molar-refractivity contribution in [1.82, 2.24) is 4.90 Å². The number of methoxy groups -OCH3 is 1. The van der Waals surface area contributed by atoms with Crippen LogP contribution in [-0.4, -0.2) is 42.2 Å². The van der Waals surface area contributed by atoms with Gasteiger partial charge in [-0.05, 0) is 48.2 Å². The van der Waals surface area contributed by atoms with Crippen LogP contribution in [0.2, 0.25) is 5.02 Å². The summed E-state index contributed by atoms with van der Waals surface area (Å²) in [7, 11) is 1.69. The highest BCUT2D eigenvalue weighted by molar-refractivity contribution is 6.32. The van der Waals surface area contributed by atoms with Crippen LogP contribution in [0.1, 0.15) is 23.2 Å². The molecule has 0 bridgehead atoms. The fourth-order valence-electron chi connectivity index (χ4n) is 2.99. The van der Waals surface area contributed by atoms with Crippen molar-refractivity contribution in [3.05, 3.63) is 53.1 Å². The van der Waals surface area contributed by atoms with E-state index < -0.39 is 0 Å². The minimum absolute atomic E-state index is 0.0343. The number of amides is 1. The summed E-state index contributed by atoms with van der Waals surface area (Å²) in [5.41, 5.74) is 2.51. The van der Waals surface area contributed by atoms with Gasteiger partial charge < -0.3 is 14.7 Å². The minimum Gasteiger partial charge on any atom is -0.506 e. The number of ether oxygens (including phenoxy) is 1. The molecule has 0 saturated carbocycles. The molecule has 1 aliphatic rings. The molecule has 4 nitrogen and oxygen atoms in total. The lowest BCUT2D eigenvalue weighted by molar-refractivity contribution is 0.0269. The fourth-order valence-corrected chi connectivity index (χ4v) is 3.17. The van der Waals surface area contributed by atoms with Crippen LogP contribution in [0.25, 0.3) is 11.1 Å². The molecular weight excluding hydrogens is 326 g/mol. The second kappa shape index (κ2) is 7.24. The van der Waals surface area contributed by atoms with Crippen molar-refractivity contribution in [2.24, 2.45) is 0 Å². The van der Waals surface area contributed by atoms with E-state index in [-0.39, 0.29) is 17.8 Å². The molecule has 24 heavy (non-hydrogen) atoms. The summed E-state index contributed by atoms with van der Waals surface area (Å²) in [6.45, 7) is 1.42. The van der Waals surface area contributed by atoms with Crippen LogP contribution in [-0.2, 0) is 4.74 Å². The Morgan fingerprint density at radius 2 is 1.92 bits per heavy atom. The van der Waals surface area contributed by atoms with Crippen molar-refractivity contribution in [2.75, 3.05) is 20.2 Å². The lowest BCUT2D eigenvalue weighted by Gasteiger charge is -2.32. The number of likely N-dealkylation sites (tertiary alicyclic amines) is 1. The van der Waals surface area contributed by atoms with E-state index in [1.54, 1.807) is 25.3 Å². The van der Waals surface area contributed by atoms with E-state index in [1.807, 2.05) is 29.2 Å². The zero-order valence-corrected chi connectivity index (χ0v) is 14.3. The number of phenols is 1. The molecule has 1 fully saturated rings. The topological polar surface area (TPSA) is 49.8 Å². The molecule has 2 aromatic carbocycles. The molecule has 0 aliphatic carbocycles. The number of nitrogens with zero attached hydrogens (tertiary/aromatic N) is 1. The summed E-state index contributed by atoms with van der Waals surface area (Å²) in [4.78, 5) is 14.5. The van der Waals surface area contributed by atoms with Gasteiger partial charge in [0.1, 0.15) is 5.75 Å². The van der Waals surface area contributed by atoms with Crippen LogP contribution in [0.15, 0.2) is 42.5 Å². The Morgan fingerprint density at radius 3 is 2.58 bits per heavy atom. The Bertz CT molecular complexity index is 730. The lowest BCUT2D eigenvalue weighted by atomic mass is 10.0. The van der Waals surface area contributed by atoms with Crippen molar-refractivity contribution < 1.29 is 14.6 Å². The molecule has 0 radical (unpaired) electrons. The van der Waals surface area contributed by atoms with E-state index in [0.717, 1.165) is 30.5 Å². The molecule has 1 N–H and O–H groups in total. The van der Waals surface area contributed by atoms with Crippen molar-refractivity contribution >= 4 is 17.5 Å². The smallest absolute Gasteiger partial charge is 0.253 e. The molecule has 0 unspecified atom stereocenters. The number of rotatable bonds is 3. The molecule has 1 atom stereocenters. The van der Waals surface area contributed by atoms with Crippen LogP contribution in [0.4, 0.5) is 0 Å². The highest BCUT2D eigenvalue weighted by Crippen LogP contribution is 2.29. The number of aromatic hydroxyl groups is 1. The fraction of sp³-hybridized carbons (Fsp3) is 0.316. The standard InChI is InChI=1S/C19H20ClNO3/c1-24-16-3-2-10-21(12-16)19(23)14-6-4-13(5-7-14)15-8-9-18(22)17(20)11-15/h4-9,11,16,22H,2-3,10,12H2,1H3/t16-/m0/s1. The zero-order valence-electron chi connectivity index (χ0n) is 13.5. The highest BCUT2D eigenvalue weighted by atomic mass is 35.5. The number of hydrogen-bond donors (Lipinski definition) is 1. The van der Waals surface area contributed by atoms with E-state index >= 15 is 0 Å². The number of piperidine rings is 1. The third-order valence-corrected chi connectivity index (χ3v) is 4.71. The second-order valence-corrected chi connectivity index (χ2v) is 6.40. The van der Waals surface area contributed by atoms with Crippen LogP contribution >= 0.6 is 11.6 Å². The van der Waals surface area contributed by atoms with Gasteiger partial charge in [-0.2, -0.15) is 0 Å². The summed E-state index contributed by atoms with van der Waals surface area (Å²) in [6, 6.07) is 12.5. The van der Waals surface area contributed by atoms with Gasteiger partial charge in [0.2, 0.25) is 0 Å². The highest BCUT2D eigenvalue weighted by Gasteiger charge is 2.24. The average molecular weight is 346 g/mol. The third-order valence-electron chi connectivity index (χ3n) is 4.41. The van der Waals surface area contributed by atoms with Gasteiger partial charge in [0.05, 0.1) is 11.1 Å². The molecule has 0 spiro atoms. The van der Waals surface area contributed by atoms with Gasteiger partial charge in [-0.25, -0.2) is 0 Å². The van der Waals surface area contributed by atoms with E-state index in [1.165, 1.54) is 0 Å². The van der Waals surface area contributed by atoms with Crippen LogP contribution in [0, 0.1) is 0 Å². The maximum Gasteiger partial charge on any atom is 0.253 e.